The Balaban J connectivity index is 2.21. The Morgan fingerprint density at radius 3 is 2.44 bits per heavy atom. The quantitative estimate of drug-likeness (QED) is 0.704. The van der Waals surface area contributed by atoms with Gasteiger partial charge in [0.2, 0.25) is 0 Å². The van der Waals surface area contributed by atoms with Gasteiger partial charge >= 0.3 is 0 Å². The van der Waals surface area contributed by atoms with E-state index in [0.717, 1.165) is 38.1 Å². The van der Waals surface area contributed by atoms with Gasteiger partial charge in [0, 0.05) is 13.2 Å². The maximum Gasteiger partial charge on any atom is 0.0468 e. The fourth-order valence-corrected chi connectivity index (χ4v) is 2.48. The van der Waals surface area contributed by atoms with Gasteiger partial charge in [0.05, 0.1) is 0 Å². The zero-order chi connectivity index (χ0) is 12.0. The van der Waals surface area contributed by atoms with E-state index in [9.17, 15) is 0 Å². The van der Waals surface area contributed by atoms with Crippen LogP contribution in [0.25, 0.3) is 0 Å². The minimum absolute atomic E-state index is 0.466. The molecule has 0 aliphatic carbocycles. The lowest BCUT2D eigenvalue weighted by molar-refractivity contribution is 0.0198. The smallest absolute Gasteiger partial charge is 0.0468 e. The number of hydrogen-bond donors (Lipinski definition) is 1. The van der Waals surface area contributed by atoms with Gasteiger partial charge in [-0.05, 0) is 49.6 Å². The Hall–Kier alpha value is -0.0800. The second kappa shape index (κ2) is 6.61. The fourth-order valence-electron chi connectivity index (χ4n) is 2.48. The van der Waals surface area contributed by atoms with Crippen LogP contribution in [0.2, 0.25) is 0 Å². The first kappa shape index (κ1) is 14.0. The third kappa shape index (κ3) is 4.84. The second-order valence-corrected chi connectivity index (χ2v) is 6.22. The SMILES string of the molecule is CC(C)CNCCC(C)(C)C1CCOCC1. The summed E-state index contributed by atoms with van der Waals surface area (Å²) in [6.45, 7) is 13.6. The summed E-state index contributed by atoms with van der Waals surface area (Å²) in [6, 6.07) is 0. The van der Waals surface area contributed by atoms with Crippen molar-refractivity contribution in [3.05, 3.63) is 0 Å². The first-order chi connectivity index (χ1) is 7.52. The van der Waals surface area contributed by atoms with Gasteiger partial charge in [0.1, 0.15) is 0 Å². The van der Waals surface area contributed by atoms with E-state index in [4.69, 9.17) is 4.74 Å². The van der Waals surface area contributed by atoms with E-state index in [0.29, 0.717) is 5.41 Å². The molecule has 0 aromatic carbocycles. The molecule has 1 aliphatic rings. The summed E-state index contributed by atoms with van der Waals surface area (Å²) >= 11 is 0. The van der Waals surface area contributed by atoms with Crippen molar-refractivity contribution in [3.63, 3.8) is 0 Å². The molecule has 16 heavy (non-hydrogen) atoms. The molecular formula is C14H29NO. The van der Waals surface area contributed by atoms with Gasteiger partial charge in [-0.2, -0.15) is 0 Å². The lowest BCUT2D eigenvalue weighted by atomic mass is 9.72. The van der Waals surface area contributed by atoms with E-state index in [-0.39, 0.29) is 0 Å². The third-order valence-corrected chi connectivity index (χ3v) is 3.83. The number of nitrogens with one attached hydrogen (secondary N) is 1. The van der Waals surface area contributed by atoms with E-state index in [1.54, 1.807) is 0 Å². The summed E-state index contributed by atoms with van der Waals surface area (Å²) in [5, 5.41) is 3.55. The van der Waals surface area contributed by atoms with Gasteiger partial charge in [-0.1, -0.05) is 27.7 Å². The Morgan fingerprint density at radius 1 is 1.25 bits per heavy atom. The molecule has 0 radical (unpaired) electrons. The van der Waals surface area contributed by atoms with Crippen molar-refractivity contribution >= 4 is 0 Å². The molecule has 1 aliphatic heterocycles. The zero-order valence-electron chi connectivity index (χ0n) is 11.5. The van der Waals surface area contributed by atoms with Crippen molar-refractivity contribution < 1.29 is 4.74 Å². The van der Waals surface area contributed by atoms with E-state index >= 15 is 0 Å². The molecule has 1 heterocycles. The van der Waals surface area contributed by atoms with Crippen LogP contribution in [0.3, 0.4) is 0 Å². The highest BCUT2D eigenvalue weighted by Gasteiger charge is 2.30. The van der Waals surface area contributed by atoms with Crippen molar-refractivity contribution in [3.8, 4) is 0 Å². The third-order valence-electron chi connectivity index (χ3n) is 3.83. The van der Waals surface area contributed by atoms with E-state index in [1.807, 2.05) is 0 Å². The summed E-state index contributed by atoms with van der Waals surface area (Å²) in [6.07, 6.45) is 3.78. The molecule has 1 fully saturated rings. The van der Waals surface area contributed by atoms with Gasteiger partial charge in [0.25, 0.3) is 0 Å². The van der Waals surface area contributed by atoms with Gasteiger partial charge in [-0.15, -0.1) is 0 Å². The van der Waals surface area contributed by atoms with Crippen LogP contribution in [0.1, 0.15) is 47.0 Å². The van der Waals surface area contributed by atoms with Crippen molar-refractivity contribution in [2.75, 3.05) is 26.3 Å². The lowest BCUT2D eigenvalue weighted by Crippen LogP contribution is -2.33. The maximum absolute atomic E-state index is 5.44. The predicted octanol–water partition coefficient (Wildman–Crippen LogP) is 3.07. The van der Waals surface area contributed by atoms with Crippen LogP contribution in [0, 0.1) is 17.3 Å². The number of ether oxygens (including phenoxy) is 1. The molecule has 0 spiro atoms. The highest BCUT2D eigenvalue weighted by atomic mass is 16.5. The van der Waals surface area contributed by atoms with Crippen LogP contribution < -0.4 is 5.32 Å². The average molecular weight is 227 g/mol. The molecule has 0 atom stereocenters. The Kier molecular flexibility index (Phi) is 5.77. The molecule has 1 N–H and O–H groups in total. The summed E-state index contributed by atoms with van der Waals surface area (Å²) in [5.74, 6) is 1.60. The molecular weight excluding hydrogens is 198 g/mol. The average Bonchev–Trinajstić information content (AvgIpc) is 2.26. The van der Waals surface area contributed by atoms with Crippen LogP contribution in [-0.4, -0.2) is 26.3 Å². The highest BCUT2D eigenvalue weighted by molar-refractivity contribution is 4.80. The molecule has 0 unspecified atom stereocenters. The standard InChI is InChI=1S/C14H29NO/c1-12(2)11-15-8-7-14(3,4)13-5-9-16-10-6-13/h12-13,15H,5-11H2,1-4H3. The molecule has 2 nitrogen and oxygen atoms in total. The van der Waals surface area contributed by atoms with Gasteiger partial charge in [-0.3, -0.25) is 0 Å². The molecule has 1 rings (SSSR count). The van der Waals surface area contributed by atoms with Crippen molar-refractivity contribution in [2.24, 2.45) is 17.3 Å². The van der Waals surface area contributed by atoms with E-state index in [2.05, 4.69) is 33.0 Å². The van der Waals surface area contributed by atoms with Crippen LogP contribution in [0.4, 0.5) is 0 Å². The maximum atomic E-state index is 5.44. The lowest BCUT2D eigenvalue weighted by Gasteiger charge is -2.37. The first-order valence-corrected chi connectivity index (χ1v) is 6.81. The monoisotopic (exact) mass is 227 g/mol. The molecule has 0 bridgehead atoms. The van der Waals surface area contributed by atoms with Crippen LogP contribution >= 0.6 is 0 Å². The Morgan fingerprint density at radius 2 is 1.88 bits per heavy atom. The van der Waals surface area contributed by atoms with Crippen LogP contribution in [-0.2, 0) is 4.74 Å². The zero-order valence-corrected chi connectivity index (χ0v) is 11.5. The Labute approximate surface area is 101 Å². The number of hydrogen-bond acceptors (Lipinski definition) is 2. The summed E-state index contributed by atoms with van der Waals surface area (Å²) in [4.78, 5) is 0. The molecule has 96 valence electrons. The summed E-state index contributed by atoms with van der Waals surface area (Å²) < 4.78 is 5.44. The first-order valence-electron chi connectivity index (χ1n) is 6.81. The topological polar surface area (TPSA) is 21.3 Å². The van der Waals surface area contributed by atoms with E-state index < -0.39 is 0 Å². The highest BCUT2D eigenvalue weighted by Crippen LogP contribution is 2.36. The minimum Gasteiger partial charge on any atom is -0.381 e. The van der Waals surface area contributed by atoms with Crippen molar-refractivity contribution in [2.45, 2.75) is 47.0 Å². The molecule has 0 amide bonds. The van der Waals surface area contributed by atoms with Crippen LogP contribution in [0.15, 0.2) is 0 Å². The number of rotatable bonds is 6. The van der Waals surface area contributed by atoms with Gasteiger partial charge in [-0.25, -0.2) is 0 Å². The Bertz CT molecular complexity index is 183. The largest absolute Gasteiger partial charge is 0.381 e. The summed E-state index contributed by atoms with van der Waals surface area (Å²) in [5.41, 5.74) is 0.466. The molecule has 2 heteroatoms. The summed E-state index contributed by atoms with van der Waals surface area (Å²) in [7, 11) is 0. The molecule has 0 aromatic heterocycles. The van der Waals surface area contributed by atoms with Crippen molar-refractivity contribution in [1.29, 1.82) is 0 Å². The second-order valence-electron chi connectivity index (χ2n) is 6.22. The minimum atomic E-state index is 0.466. The van der Waals surface area contributed by atoms with E-state index in [1.165, 1.54) is 19.3 Å². The molecule has 0 aromatic rings. The fraction of sp³-hybridized carbons (Fsp3) is 1.00. The molecule has 0 saturated carbocycles. The van der Waals surface area contributed by atoms with Gasteiger partial charge < -0.3 is 10.1 Å². The van der Waals surface area contributed by atoms with Crippen molar-refractivity contribution in [1.82, 2.24) is 5.32 Å². The molecule has 1 saturated heterocycles. The normalized spacial score (nSPS) is 19.3. The van der Waals surface area contributed by atoms with Crippen LogP contribution in [0.5, 0.6) is 0 Å². The predicted molar refractivity (Wildman–Crippen MR) is 69.6 cm³/mol. The van der Waals surface area contributed by atoms with Gasteiger partial charge in [0.15, 0.2) is 0 Å².